The first-order chi connectivity index (χ1) is 10.1. The average molecular weight is 324 g/mol. The lowest BCUT2D eigenvalue weighted by Crippen LogP contribution is -2.14. The maximum Gasteiger partial charge on any atom is 0.274 e. The lowest BCUT2D eigenvalue weighted by molar-refractivity contribution is 0.102. The monoisotopic (exact) mass is 323 g/mol. The summed E-state index contributed by atoms with van der Waals surface area (Å²) in [6, 6.07) is 8.36. The molecule has 0 fully saturated rings. The summed E-state index contributed by atoms with van der Waals surface area (Å²) in [7, 11) is 0. The molecule has 0 saturated carbocycles. The minimum absolute atomic E-state index is 0.313. The summed E-state index contributed by atoms with van der Waals surface area (Å²) in [6.07, 6.45) is 2.65. The number of carbonyl (C=O) groups is 1. The number of halogens is 2. The van der Waals surface area contributed by atoms with Crippen molar-refractivity contribution < 1.29 is 4.79 Å². The summed E-state index contributed by atoms with van der Waals surface area (Å²) >= 11 is 11.9. The molecule has 4 nitrogen and oxygen atoms in total. The lowest BCUT2D eigenvalue weighted by atomic mass is 10.2. The van der Waals surface area contributed by atoms with Gasteiger partial charge in [0, 0.05) is 11.6 Å². The summed E-state index contributed by atoms with van der Waals surface area (Å²) in [5.41, 5.74) is 1.66. The van der Waals surface area contributed by atoms with E-state index in [2.05, 4.69) is 22.5 Å². The van der Waals surface area contributed by atoms with E-state index in [9.17, 15) is 4.79 Å². The molecule has 2 N–H and O–H groups in total. The molecule has 0 aliphatic heterocycles. The fraction of sp³-hybridized carbons (Fsp3) is 0.200. The van der Waals surface area contributed by atoms with Crippen LogP contribution in [0.5, 0.6) is 0 Å². The highest BCUT2D eigenvalue weighted by Crippen LogP contribution is 2.25. The lowest BCUT2D eigenvalue weighted by Gasteiger charge is -2.08. The van der Waals surface area contributed by atoms with E-state index in [1.807, 2.05) is 6.07 Å². The summed E-state index contributed by atoms with van der Waals surface area (Å²) in [5, 5.41) is 6.81. The topological polar surface area (TPSA) is 54.0 Å². The first-order valence-corrected chi connectivity index (χ1v) is 7.32. The number of hydrogen-bond donors (Lipinski definition) is 2. The molecule has 0 unspecified atom stereocenters. The molecular formula is C15H15Cl2N3O. The van der Waals surface area contributed by atoms with Crippen LogP contribution in [0, 0.1) is 0 Å². The number of nitrogens with zero attached hydrogens (tertiary/aromatic N) is 1. The first-order valence-electron chi connectivity index (χ1n) is 6.56. The highest BCUT2D eigenvalue weighted by Gasteiger charge is 2.10. The largest absolute Gasteiger partial charge is 0.384 e. The van der Waals surface area contributed by atoms with Crippen molar-refractivity contribution in [2.75, 3.05) is 17.2 Å². The minimum atomic E-state index is -0.332. The van der Waals surface area contributed by atoms with Gasteiger partial charge in [0.25, 0.3) is 5.91 Å². The van der Waals surface area contributed by atoms with Crippen molar-refractivity contribution in [3.8, 4) is 0 Å². The van der Waals surface area contributed by atoms with Gasteiger partial charge in [-0.2, -0.15) is 0 Å². The molecule has 2 aromatic rings. The molecular weight excluding hydrogens is 309 g/mol. The molecule has 21 heavy (non-hydrogen) atoms. The Morgan fingerprint density at radius 1 is 1.24 bits per heavy atom. The fourth-order valence-corrected chi connectivity index (χ4v) is 2.02. The molecule has 6 heteroatoms. The van der Waals surface area contributed by atoms with Crippen molar-refractivity contribution in [1.82, 2.24) is 4.98 Å². The average Bonchev–Trinajstić information content (AvgIpc) is 2.49. The summed E-state index contributed by atoms with van der Waals surface area (Å²) in [4.78, 5) is 16.2. The van der Waals surface area contributed by atoms with Gasteiger partial charge >= 0.3 is 0 Å². The standard InChI is InChI=1S/C15H15Cl2N3O/c1-2-7-18-11-4-6-13(19-9-11)15(21)20-14-8-10(16)3-5-12(14)17/h3-6,8-9,18H,2,7H2,1H3,(H,20,21). The Kier molecular flexibility index (Phi) is 5.42. The van der Waals surface area contributed by atoms with Crippen molar-refractivity contribution in [1.29, 1.82) is 0 Å². The predicted octanol–water partition coefficient (Wildman–Crippen LogP) is 4.46. The van der Waals surface area contributed by atoms with E-state index in [-0.39, 0.29) is 5.91 Å². The Balaban J connectivity index is 2.07. The molecule has 0 bridgehead atoms. The maximum atomic E-state index is 12.1. The Labute approximate surface area is 133 Å². The Morgan fingerprint density at radius 2 is 2.05 bits per heavy atom. The van der Waals surface area contributed by atoms with Gasteiger partial charge in [0.2, 0.25) is 0 Å². The molecule has 110 valence electrons. The van der Waals surface area contributed by atoms with Crippen LogP contribution in [0.3, 0.4) is 0 Å². The van der Waals surface area contributed by atoms with Crippen LogP contribution in [0.2, 0.25) is 10.0 Å². The number of carbonyl (C=O) groups excluding carboxylic acids is 1. The van der Waals surface area contributed by atoms with E-state index in [4.69, 9.17) is 23.2 Å². The van der Waals surface area contributed by atoms with Crippen LogP contribution in [-0.4, -0.2) is 17.4 Å². The number of nitrogens with one attached hydrogen (secondary N) is 2. The number of hydrogen-bond acceptors (Lipinski definition) is 3. The van der Waals surface area contributed by atoms with E-state index in [0.29, 0.717) is 21.4 Å². The van der Waals surface area contributed by atoms with Crippen LogP contribution in [0.15, 0.2) is 36.5 Å². The SMILES string of the molecule is CCCNc1ccc(C(=O)Nc2cc(Cl)ccc2Cl)nc1. The van der Waals surface area contributed by atoms with Crippen LogP contribution in [-0.2, 0) is 0 Å². The molecule has 0 aliphatic rings. The summed E-state index contributed by atoms with van der Waals surface area (Å²) in [5.74, 6) is -0.332. The van der Waals surface area contributed by atoms with Gasteiger partial charge in [-0.3, -0.25) is 4.79 Å². The van der Waals surface area contributed by atoms with E-state index < -0.39 is 0 Å². The van der Waals surface area contributed by atoms with Crippen molar-refractivity contribution in [3.05, 3.63) is 52.3 Å². The highest BCUT2D eigenvalue weighted by atomic mass is 35.5. The van der Waals surface area contributed by atoms with Gasteiger partial charge in [-0.25, -0.2) is 4.98 Å². The molecule has 0 atom stereocenters. The fourth-order valence-electron chi connectivity index (χ4n) is 1.68. The van der Waals surface area contributed by atoms with Crippen molar-refractivity contribution >= 4 is 40.5 Å². The van der Waals surface area contributed by atoms with Gasteiger partial charge in [-0.1, -0.05) is 30.1 Å². The van der Waals surface area contributed by atoms with E-state index in [1.54, 1.807) is 30.5 Å². The quantitative estimate of drug-likeness (QED) is 0.853. The van der Waals surface area contributed by atoms with Crippen LogP contribution >= 0.6 is 23.2 Å². The van der Waals surface area contributed by atoms with Gasteiger partial charge in [-0.15, -0.1) is 0 Å². The van der Waals surface area contributed by atoms with Crippen LogP contribution in [0.1, 0.15) is 23.8 Å². The Morgan fingerprint density at radius 3 is 2.71 bits per heavy atom. The molecule has 0 radical (unpaired) electrons. The van der Waals surface area contributed by atoms with Crippen molar-refractivity contribution in [3.63, 3.8) is 0 Å². The zero-order valence-corrected chi connectivity index (χ0v) is 13.0. The van der Waals surface area contributed by atoms with Gasteiger partial charge in [-0.05, 0) is 36.8 Å². The number of amides is 1. The van der Waals surface area contributed by atoms with Gasteiger partial charge in [0.1, 0.15) is 5.69 Å². The zero-order chi connectivity index (χ0) is 15.2. The third-order valence-corrected chi connectivity index (χ3v) is 3.32. The molecule has 1 aromatic heterocycles. The Hall–Kier alpha value is -1.78. The third-order valence-electron chi connectivity index (χ3n) is 2.75. The minimum Gasteiger partial charge on any atom is -0.384 e. The molecule has 1 heterocycles. The van der Waals surface area contributed by atoms with E-state index >= 15 is 0 Å². The first kappa shape index (κ1) is 15.6. The number of anilines is 2. The normalized spacial score (nSPS) is 10.2. The number of rotatable bonds is 5. The van der Waals surface area contributed by atoms with Crippen molar-refractivity contribution in [2.24, 2.45) is 0 Å². The second-order valence-corrected chi connectivity index (χ2v) is 5.28. The predicted molar refractivity (Wildman–Crippen MR) is 87.4 cm³/mol. The second-order valence-electron chi connectivity index (χ2n) is 4.44. The molecule has 0 saturated heterocycles. The maximum absolute atomic E-state index is 12.1. The number of aromatic nitrogens is 1. The molecule has 1 aromatic carbocycles. The van der Waals surface area contributed by atoms with Crippen LogP contribution in [0.4, 0.5) is 11.4 Å². The van der Waals surface area contributed by atoms with Crippen LogP contribution in [0.25, 0.3) is 0 Å². The van der Waals surface area contributed by atoms with Gasteiger partial charge < -0.3 is 10.6 Å². The highest BCUT2D eigenvalue weighted by molar-refractivity contribution is 6.35. The molecule has 0 spiro atoms. The van der Waals surface area contributed by atoms with Crippen molar-refractivity contribution in [2.45, 2.75) is 13.3 Å². The third kappa shape index (κ3) is 4.34. The Bertz CT molecular complexity index is 629. The number of benzene rings is 1. The van der Waals surface area contributed by atoms with Gasteiger partial charge in [0.15, 0.2) is 0 Å². The summed E-state index contributed by atoms with van der Waals surface area (Å²) < 4.78 is 0. The molecule has 2 rings (SSSR count). The van der Waals surface area contributed by atoms with E-state index in [1.165, 1.54) is 0 Å². The van der Waals surface area contributed by atoms with Gasteiger partial charge in [0.05, 0.1) is 22.6 Å². The second kappa shape index (κ2) is 7.29. The smallest absolute Gasteiger partial charge is 0.274 e. The summed E-state index contributed by atoms with van der Waals surface area (Å²) in [6.45, 7) is 2.95. The molecule has 1 amide bonds. The number of pyridine rings is 1. The van der Waals surface area contributed by atoms with E-state index in [0.717, 1.165) is 18.7 Å². The molecule has 0 aliphatic carbocycles. The zero-order valence-electron chi connectivity index (χ0n) is 11.5. The van der Waals surface area contributed by atoms with Crippen LogP contribution < -0.4 is 10.6 Å².